The van der Waals surface area contributed by atoms with E-state index in [0.29, 0.717) is 0 Å². The van der Waals surface area contributed by atoms with Gasteiger partial charge in [0.2, 0.25) is 0 Å². The van der Waals surface area contributed by atoms with Crippen LogP contribution in [-0.2, 0) is 0 Å². The lowest BCUT2D eigenvalue weighted by atomic mass is 10.1. The average Bonchev–Trinajstić information content (AvgIpc) is 2.82. The summed E-state index contributed by atoms with van der Waals surface area (Å²) in [5.74, 6) is 0.796. The molecular weight excluding hydrogens is 266 g/mol. The van der Waals surface area contributed by atoms with Crippen molar-refractivity contribution in [2.75, 3.05) is 0 Å². The molecule has 16 heavy (non-hydrogen) atoms. The number of hydrogen-bond donors (Lipinski definition) is 0. The Morgan fingerprint density at radius 2 is 1.81 bits per heavy atom. The number of benzene rings is 2. The number of aromatic nitrogens is 1. The van der Waals surface area contributed by atoms with Crippen LogP contribution in [-0.4, -0.2) is 4.98 Å². The maximum absolute atomic E-state index is 5.27. The van der Waals surface area contributed by atoms with Crippen molar-refractivity contribution in [3.8, 4) is 11.3 Å². The molecule has 0 radical (unpaired) electrons. The van der Waals surface area contributed by atoms with Gasteiger partial charge < -0.3 is 4.42 Å². The van der Waals surface area contributed by atoms with Crippen LogP contribution in [0.1, 0.15) is 0 Å². The molecule has 0 N–H and O–H groups in total. The summed E-state index contributed by atoms with van der Waals surface area (Å²) in [5.41, 5.74) is 1.05. The van der Waals surface area contributed by atoms with E-state index in [-0.39, 0.29) is 0 Å². The first-order chi connectivity index (χ1) is 7.83. The molecule has 0 spiro atoms. The molecule has 0 atom stereocenters. The molecule has 2 nitrogen and oxygen atoms in total. The van der Waals surface area contributed by atoms with Crippen molar-refractivity contribution >= 4 is 26.7 Å². The molecule has 3 heteroatoms. The van der Waals surface area contributed by atoms with Crippen molar-refractivity contribution in [3.63, 3.8) is 0 Å². The summed E-state index contributed by atoms with van der Waals surface area (Å²) in [6.45, 7) is 0. The lowest BCUT2D eigenvalue weighted by molar-refractivity contribution is 0.572. The smallest absolute Gasteiger partial charge is 0.181 e. The molecule has 0 saturated carbocycles. The van der Waals surface area contributed by atoms with Gasteiger partial charge in [0.25, 0.3) is 0 Å². The van der Waals surface area contributed by atoms with E-state index in [0.717, 1.165) is 15.8 Å². The highest BCUT2D eigenvalue weighted by atomic mass is 79.9. The molecule has 0 amide bonds. The zero-order valence-corrected chi connectivity index (χ0v) is 9.94. The molecule has 0 saturated heterocycles. The second kappa shape index (κ2) is 3.76. The van der Waals surface area contributed by atoms with E-state index in [1.165, 1.54) is 17.2 Å². The number of oxazole rings is 1. The van der Waals surface area contributed by atoms with Gasteiger partial charge in [-0.25, -0.2) is 4.98 Å². The molecule has 0 unspecified atom stereocenters. The molecule has 0 bridgehead atoms. The van der Waals surface area contributed by atoms with E-state index < -0.39 is 0 Å². The minimum atomic E-state index is 0.796. The fourth-order valence-corrected chi connectivity index (χ4v) is 2.11. The Bertz CT molecular complexity index is 631. The van der Waals surface area contributed by atoms with Crippen LogP contribution < -0.4 is 0 Å². The van der Waals surface area contributed by atoms with Crippen molar-refractivity contribution in [1.82, 2.24) is 4.98 Å². The van der Waals surface area contributed by atoms with Crippen LogP contribution >= 0.6 is 15.9 Å². The third-order valence-corrected chi connectivity index (χ3v) is 3.01. The van der Waals surface area contributed by atoms with Gasteiger partial charge in [-0.3, -0.25) is 0 Å². The average molecular weight is 274 g/mol. The Hall–Kier alpha value is -1.61. The molecule has 1 aromatic heterocycles. The summed E-state index contributed by atoms with van der Waals surface area (Å²) in [6, 6.07) is 12.4. The minimum Gasteiger partial charge on any atom is -0.444 e. The molecule has 1 heterocycles. The monoisotopic (exact) mass is 273 g/mol. The largest absolute Gasteiger partial charge is 0.444 e. The Balaban J connectivity index is 2.20. The highest BCUT2D eigenvalue weighted by molar-refractivity contribution is 9.10. The van der Waals surface area contributed by atoms with Crippen molar-refractivity contribution in [1.29, 1.82) is 0 Å². The van der Waals surface area contributed by atoms with Crippen LogP contribution in [0.3, 0.4) is 0 Å². The Morgan fingerprint density at radius 1 is 1.00 bits per heavy atom. The van der Waals surface area contributed by atoms with E-state index in [1.54, 1.807) is 6.20 Å². The van der Waals surface area contributed by atoms with Crippen molar-refractivity contribution < 1.29 is 4.42 Å². The summed E-state index contributed by atoms with van der Waals surface area (Å²) in [7, 11) is 0. The minimum absolute atomic E-state index is 0.796. The highest BCUT2D eigenvalue weighted by Gasteiger charge is 2.02. The Kier molecular flexibility index (Phi) is 2.26. The third-order valence-electron chi connectivity index (χ3n) is 2.52. The predicted molar refractivity (Wildman–Crippen MR) is 67.1 cm³/mol. The second-order valence-electron chi connectivity index (χ2n) is 3.57. The summed E-state index contributed by atoms with van der Waals surface area (Å²) < 4.78 is 6.36. The van der Waals surface area contributed by atoms with Crippen LogP contribution in [0.4, 0.5) is 0 Å². The summed E-state index contributed by atoms with van der Waals surface area (Å²) in [5, 5.41) is 2.40. The van der Waals surface area contributed by atoms with Crippen molar-refractivity contribution in [2.24, 2.45) is 0 Å². The molecule has 78 valence electrons. The second-order valence-corrected chi connectivity index (χ2v) is 4.49. The Morgan fingerprint density at radius 3 is 2.62 bits per heavy atom. The summed E-state index contributed by atoms with van der Waals surface area (Å²) in [4.78, 5) is 3.92. The van der Waals surface area contributed by atoms with Gasteiger partial charge in [-0.15, -0.1) is 0 Å². The molecular formula is C13H8BrNO. The van der Waals surface area contributed by atoms with Crippen molar-refractivity contribution in [3.05, 3.63) is 53.5 Å². The van der Waals surface area contributed by atoms with E-state index in [2.05, 4.69) is 45.2 Å². The van der Waals surface area contributed by atoms with Crippen LogP contribution in [0, 0.1) is 0 Å². The van der Waals surface area contributed by atoms with E-state index in [9.17, 15) is 0 Å². The van der Waals surface area contributed by atoms with Crippen LogP contribution in [0.2, 0.25) is 0 Å². The van der Waals surface area contributed by atoms with E-state index in [4.69, 9.17) is 4.42 Å². The maximum Gasteiger partial charge on any atom is 0.181 e. The van der Waals surface area contributed by atoms with Gasteiger partial charge in [-0.1, -0.05) is 34.1 Å². The standard InChI is InChI=1S/C13H8BrNO/c14-12-4-3-9-5-11(2-1-10(9)6-12)13-7-15-8-16-13/h1-8H. The van der Waals surface area contributed by atoms with Crippen LogP contribution in [0.15, 0.2) is 57.9 Å². The summed E-state index contributed by atoms with van der Waals surface area (Å²) >= 11 is 3.46. The molecule has 3 rings (SSSR count). The third kappa shape index (κ3) is 1.63. The zero-order chi connectivity index (χ0) is 11.0. The van der Waals surface area contributed by atoms with Gasteiger partial charge >= 0.3 is 0 Å². The van der Waals surface area contributed by atoms with Gasteiger partial charge in [0.1, 0.15) is 0 Å². The Labute approximate surface area is 101 Å². The highest BCUT2D eigenvalue weighted by Crippen LogP contribution is 2.26. The van der Waals surface area contributed by atoms with Crippen LogP contribution in [0.25, 0.3) is 22.1 Å². The molecule has 0 aliphatic heterocycles. The zero-order valence-electron chi connectivity index (χ0n) is 8.35. The van der Waals surface area contributed by atoms with Gasteiger partial charge in [-0.05, 0) is 29.0 Å². The molecule has 0 fully saturated rings. The van der Waals surface area contributed by atoms with E-state index >= 15 is 0 Å². The number of nitrogens with zero attached hydrogens (tertiary/aromatic N) is 1. The van der Waals surface area contributed by atoms with Gasteiger partial charge in [0.15, 0.2) is 12.2 Å². The lowest BCUT2D eigenvalue weighted by Gasteiger charge is -2.01. The van der Waals surface area contributed by atoms with Crippen molar-refractivity contribution in [2.45, 2.75) is 0 Å². The molecule has 0 aliphatic carbocycles. The molecule has 3 aromatic rings. The fraction of sp³-hybridized carbons (Fsp3) is 0. The SMILES string of the molecule is Brc1ccc2cc(-c3cnco3)ccc2c1. The lowest BCUT2D eigenvalue weighted by Crippen LogP contribution is -1.76. The first kappa shape index (κ1) is 9.60. The topological polar surface area (TPSA) is 26.0 Å². The quantitative estimate of drug-likeness (QED) is 0.662. The van der Waals surface area contributed by atoms with Gasteiger partial charge in [0.05, 0.1) is 6.20 Å². The first-order valence-corrected chi connectivity index (χ1v) is 5.70. The van der Waals surface area contributed by atoms with E-state index in [1.807, 2.05) is 12.1 Å². The predicted octanol–water partition coefficient (Wildman–Crippen LogP) is 4.26. The number of rotatable bonds is 1. The number of halogens is 1. The van der Waals surface area contributed by atoms with Gasteiger partial charge in [-0.2, -0.15) is 0 Å². The maximum atomic E-state index is 5.27. The first-order valence-electron chi connectivity index (χ1n) is 4.91. The summed E-state index contributed by atoms with van der Waals surface area (Å²) in [6.07, 6.45) is 3.17. The molecule has 2 aromatic carbocycles. The van der Waals surface area contributed by atoms with Gasteiger partial charge in [0, 0.05) is 10.0 Å². The number of hydrogen-bond acceptors (Lipinski definition) is 2. The fourth-order valence-electron chi connectivity index (χ4n) is 1.73. The molecule has 0 aliphatic rings. The normalized spacial score (nSPS) is 10.8. The number of fused-ring (bicyclic) bond motifs is 1. The van der Waals surface area contributed by atoms with Crippen LogP contribution in [0.5, 0.6) is 0 Å².